The van der Waals surface area contributed by atoms with Gasteiger partial charge in [0.05, 0.1) is 0 Å². The maximum atomic E-state index is 5.12. The van der Waals surface area contributed by atoms with Crippen LogP contribution in [0.5, 0.6) is 0 Å². The average molecular weight is 199 g/mol. The van der Waals surface area contributed by atoms with Gasteiger partial charge >= 0.3 is 0 Å². The van der Waals surface area contributed by atoms with Crippen LogP contribution in [-0.4, -0.2) is 26.3 Å². The van der Waals surface area contributed by atoms with E-state index in [0.717, 1.165) is 25.5 Å². The summed E-state index contributed by atoms with van der Waals surface area (Å²) in [4.78, 5) is 0. The van der Waals surface area contributed by atoms with E-state index in [-0.39, 0.29) is 0 Å². The Morgan fingerprint density at radius 1 is 1.43 bits per heavy atom. The highest BCUT2D eigenvalue weighted by atomic mass is 16.5. The van der Waals surface area contributed by atoms with Gasteiger partial charge in [-0.2, -0.15) is 0 Å². The van der Waals surface area contributed by atoms with Crippen LogP contribution in [0.2, 0.25) is 0 Å². The van der Waals surface area contributed by atoms with Gasteiger partial charge in [0.2, 0.25) is 0 Å². The summed E-state index contributed by atoms with van der Waals surface area (Å²) in [6, 6.07) is 0.705. The smallest absolute Gasteiger partial charge is 0.0467 e. The van der Waals surface area contributed by atoms with E-state index in [1.54, 1.807) is 7.11 Å². The van der Waals surface area contributed by atoms with Gasteiger partial charge < -0.3 is 10.1 Å². The normalized spacial score (nSPS) is 19.7. The average Bonchev–Trinajstić information content (AvgIpc) is 2.94. The molecule has 1 aliphatic rings. The number of hydrogen-bond acceptors (Lipinski definition) is 2. The molecule has 0 bridgehead atoms. The maximum Gasteiger partial charge on any atom is 0.0467 e. The molecule has 0 radical (unpaired) electrons. The Morgan fingerprint density at radius 2 is 2.07 bits per heavy atom. The summed E-state index contributed by atoms with van der Waals surface area (Å²) in [7, 11) is 1.77. The highest BCUT2D eigenvalue weighted by Crippen LogP contribution is 2.32. The van der Waals surface area contributed by atoms with Crippen LogP contribution in [-0.2, 0) is 4.74 Å². The number of ether oxygens (including phenoxy) is 1. The lowest BCUT2D eigenvalue weighted by Crippen LogP contribution is -2.37. The second-order valence-corrected chi connectivity index (χ2v) is 5.41. The Bertz CT molecular complexity index is 164. The van der Waals surface area contributed by atoms with Crippen LogP contribution in [0, 0.1) is 11.3 Å². The molecule has 0 aliphatic heterocycles. The summed E-state index contributed by atoms with van der Waals surface area (Å²) in [5.41, 5.74) is 0.360. The Morgan fingerprint density at radius 3 is 2.57 bits per heavy atom. The van der Waals surface area contributed by atoms with Crippen molar-refractivity contribution in [2.24, 2.45) is 11.3 Å². The van der Waals surface area contributed by atoms with Crippen LogP contribution in [0.15, 0.2) is 0 Å². The minimum atomic E-state index is 0.360. The van der Waals surface area contributed by atoms with Gasteiger partial charge in [0, 0.05) is 26.3 Å². The van der Waals surface area contributed by atoms with Crippen molar-refractivity contribution in [3.05, 3.63) is 0 Å². The molecule has 1 unspecified atom stereocenters. The van der Waals surface area contributed by atoms with Crippen molar-refractivity contribution in [2.75, 3.05) is 20.3 Å². The Hall–Kier alpha value is -0.0800. The molecule has 0 heterocycles. The monoisotopic (exact) mass is 199 g/mol. The lowest BCUT2D eigenvalue weighted by Gasteiger charge is -2.27. The minimum Gasteiger partial charge on any atom is -0.385 e. The molecule has 0 aromatic carbocycles. The lowest BCUT2D eigenvalue weighted by molar-refractivity contribution is 0.148. The second-order valence-electron chi connectivity index (χ2n) is 5.41. The first-order valence-corrected chi connectivity index (χ1v) is 5.77. The molecule has 0 saturated heterocycles. The second kappa shape index (κ2) is 5.13. The highest BCUT2D eigenvalue weighted by molar-refractivity contribution is 4.84. The van der Waals surface area contributed by atoms with Crippen molar-refractivity contribution >= 4 is 0 Å². The third-order valence-corrected chi connectivity index (χ3v) is 3.21. The molecule has 1 N–H and O–H groups in total. The summed E-state index contributed by atoms with van der Waals surface area (Å²) in [5.74, 6) is 0.952. The predicted molar refractivity (Wildman–Crippen MR) is 60.5 cm³/mol. The molecule has 0 spiro atoms. The van der Waals surface area contributed by atoms with Gasteiger partial charge in [0.25, 0.3) is 0 Å². The molecule has 0 amide bonds. The van der Waals surface area contributed by atoms with Crippen molar-refractivity contribution < 1.29 is 4.74 Å². The number of rotatable bonds is 7. The summed E-state index contributed by atoms with van der Waals surface area (Å²) >= 11 is 0. The molecular formula is C12H25NO. The summed E-state index contributed by atoms with van der Waals surface area (Å²) in [5, 5.41) is 3.64. The van der Waals surface area contributed by atoms with Crippen molar-refractivity contribution in [2.45, 2.75) is 46.1 Å². The summed E-state index contributed by atoms with van der Waals surface area (Å²) in [6.07, 6.45) is 3.98. The van der Waals surface area contributed by atoms with Crippen LogP contribution >= 0.6 is 0 Å². The molecular weight excluding hydrogens is 174 g/mol. The fraction of sp³-hybridized carbons (Fsp3) is 1.00. The zero-order valence-electron chi connectivity index (χ0n) is 10.1. The van der Waals surface area contributed by atoms with Gasteiger partial charge in [-0.05, 0) is 37.5 Å². The Kier molecular flexibility index (Phi) is 4.39. The quantitative estimate of drug-likeness (QED) is 0.680. The van der Waals surface area contributed by atoms with E-state index in [1.807, 2.05) is 0 Å². The van der Waals surface area contributed by atoms with Crippen LogP contribution in [0.4, 0.5) is 0 Å². The SMILES string of the molecule is COCCC(C)(C)CNC(C)C1CC1. The Labute approximate surface area is 88.4 Å². The van der Waals surface area contributed by atoms with Gasteiger partial charge in [-0.25, -0.2) is 0 Å². The third-order valence-electron chi connectivity index (χ3n) is 3.21. The zero-order valence-corrected chi connectivity index (χ0v) is 10.1. The van der Waals surface area contributed by atoms with E-state index in [0.29, 0.717) is 11.5 Å². The summed E-state index contributed by atoms with van der Waals surface area (Å²) in [6.45, 7) is 8.89. The first kappa shape index (κ1) is 12.0. The summed E-state index contributed by atoms with van der Waals surface area (Å²) < 4.78 is 5.12. The van der Waals surface area contributed by atoms with Crippen LogP contribution in [0.3, 0.4) is 0 Å². The van der Waals surface area contributed by atoms with Crippen molar-refractivity contribution in [1.29, 1.82) is 0 Å². The molecule has 1 aliphatic carbocycles. The fourth-order valence-electron chi connectivity index (χ4n) is 1.67. The first-order chi connectivity index (χ1) is 6.55. The van der Waals surface area contributed by atoms with E-state index in [2.05, 4.69) is 26.1 Å². The fourth-order valence-corrected chi connectivity index (χ4v) is 1.67. The molecule has 1 fully saturated rings. The van der Waals surface area contributed by atoms with Gasteiger partial charge in [-0.3, -0.25) is 0 Å². The van der Waals surface area contributed by atoms with Crippen LogP contribution in [0.1, 0.15) is 40.0 Å². The lowest BCUT2D eigenvalue weighted by atomic mass is 9.89. The Balaban J connectivity index is 2.13. The first-order valence-electron chi connectivity index (χ1n) is 5.77. The van der Waals surface area contributed by atoms with E-state index >= 15 is 0 Å². The minimum absolute atomic E-state index is 0.360. The molecule has 14 heavy (non-hydrogen) atoms. The predicted octanol–water partition coefficient (Wildman–Crippen LogP) is 2.44. The van der Waals surface area contributed by atoms with Crippen molar-refractivity contribution in [1.82, 2.24) is 5.32 Å². The third kappa shape index (κ3) is 4.43. The molecule has 2 nitrogen and oxygen atoms in total. The zero-order chi connectivity index (χ0) is 10.6. The van der Waals surface area contributed by atoms with Crippen LogP contribution < -0.4 is 5.32 Å². The van der Waals surface area contributed by atoms with E-state index in [9.17, 15) is 0 Å². The number of methoxy groups -OCH3 is 1. The van der Waals surface area contributed by atoms with Gasteiger partial charge in [0.1, 0.15) is 0 Å². The largest absolute Gasteiger partial charge is 0.385 e. The van der Waals surface area contributed by atoms with Gasteiger partial charge in [0.15, 0.2) is 0 Å². The van der Waals surface area contributed by atoms with Crippen LogP contribution in [0.25, 0.3) is 0 Å². The molecule has 2 heteroatoms. The topological polar surface area (TPSA) is 21.3 Å². The maximum absolute atomic E-state index is 5.12. The number of nitrogens with one attached hydrogen (secondary N) is 1. The van der Waals surface area contributed by atoms with Gasteiger partial charge in [-0.1, -0.05) is 13.8 Å². The molecule has 0 aromatic heterocycles. The molecule has 1 atom stereocenters. The van der Waals surface area contributed by atoms with E-state index in [1.165, 1.54) is 12.8 Å². The van der Waals surface area contributed by atoms with E-state index in [4.69, 9.17) is 4.74 Å². The number of hydrogen-bond donors (Lipinski definition) is 1. The standard InChI is InChI=1S/C12H25NO/c1-10(11-5-6-11)13-9-12(2,3)7-8-14-4/h10-11,13H,5-9H2,1-4H3. The van der Waals surface area contributed by atoms with E-state index < -0.39 is 0 Å². The molecule has 0 aromatic rings. The van der Waals surface area contributed by atoms with Gasteiger partial charge in [-0.15, -0.1) is 0 Å². The highest BCUT2D eigenvalue weighted by Gasteiger charge is 2.28. The molecule has 1 rings (SSSR count). The van der Waals surface area contributed by atoms with Crippen molar-refractivity contribution in [3.8, 4) is 0 Å². The molecule has 1 saturated carbocycles. The van der Waals surface area contributed by atoms with Crippen molar-refractivity contribution in [3.63, 3.8) is 0 Å². The molecule has 84 valence electrons.